The molecule has 29 heavy (non-hydrogen) atoms. The van der Waals surface area contributed by atoms with Crippen LogP contribution in [0.4, 0.5) is 0 Å². The molecule has 1 heterocycles. The van der Waals surface area contributed by atoms with Crippen molar-refractivity contribution >= 4 is 17.8 Å². The Bertz CT molecular complexity index is 830. The first kappa shape index (κ1) is 20.6. The summed E-state index contributed by atoms with van der Waals surface area (Å²) in [5.74, 6) is -0.832. The zero-order chi connectivity index (χ0) is 20.6. The summed E-state index contributed by atoms with van der Waals surface area (Å²) in [6.45, 7) is 3.08. The van der Waals surface area contributed by atoms with Crippen LogP contribution >= 0.6 is 0 Å². The van der Waals surface area contributed by atoms with Gasteiger partial charge in [0.2, 0.25) is 5.91 Å². The number of piperidine rings is 1. The van der Waals surface area contributed by atoms with Crippen molar-refractivity contribution in [2.24, 2.45) is 5.92 Å². The number of hydrogen-bond acceptors (Lipinski definition) is 4. The summed E-state index contributed by atoms with van der Waals surface area (Å²) in [7, 11) is 0. The highest BCUT2D eigenvalue weighted by Gasteiger charge is 2.33. The molecule has 1 unspecified atom stereocenters. The molecule has 0 aromatic heterocycles. The second-order valence-corrected chi connectivity index (χ2v) is 7.03. The molecule has 1 aliphatic rings. The van der Waals surface area contributed by atoms with E-state index in [1.54, 1.807) is 36.1 Å². The highest BCUT2D eigenvalue weighted by molar-refractivity contribution is 5.97. The summed E-state index contributed by atoms with van der Waals surface area (Å²) >= 11 is 0. The van der Waals surface area contributed by atoms with Gasteiger partial charge in [0.25, 0.3) is 5.91 Å². The Kier molecular flexibility index (Phi) is 7.00. The normalized spacial score (nSPS) is 15.4. The number of benzene rings is 2. The van der Waals surface area contributed by atoms with Gasteiger partial charge in [0, 0.05) is 18.7 Å². The number of hydrogen-bond donors (Lipinski definition) is 1. The van der Waals surface area contributed by atoms with Crippen molar-refractivity contribution in [3.8, 4) is 0 Å². The quantitative estimate of drug-likeness (QED) is 0.765. The van der Waals surface area contributed by atoms with Crippen molar-refractivity contribution in [1.29, 1.82) is 0 Å². The topological polar surface area (TPSA) is 75.7 Å². The van der Waals surface area contributed by atoms with Crippen LogP contribution in [0.15, 0.2) is 60.7 Å². The number of nitrogens with one attached hydrogen (secondary N) is 1. The average molecular weight is 394 g/mol. The van der Waals surface area contributed by atoms with E-state index in [4.69, 9.17) is 4.74 Å². The van der Waals surface area contributed by atoms with Gasteiger partial charge in [-0.25, -0.2) is 0 Å². The van der Waals surface area contributed by atoms with Crippen LogP contribution < -0.4 is 5.32 Å². The van der Waals surface area contributed by atoms with E-state index in [1.807, 2.05) is 36.4 Å². The van der Waals surface area contributed by atoms with E-state index in [9.17, 15) is 14.4 Å². The van der Waals surface area contributed by atoms with Gasteiger partial charge in [0.1, 0.15) is 6.04 Å². The smallest absolute Gasteiger partial charge is 0.309 e. The van der Waals surface area contributed by atoms with Crippen LogP contribution in [0.2, 0.25) is 0 Å². The van der Waals surface area contributed by atoms with E-state index < -0.39 is 6.04 Å². The number of carbonyl (C=O) groups excluding carboxylic acids is 3. The maximum absolute atomic E-state index is 13.3. The van der Waals surface area contributed by atoms with Gasteiger partial charge in [0.05, 0.1) is 12.5 Å². The Hall–Kier alpha value is -3.15. The first-order valence-corrected chi connectivity index (χ1v) is 9.96. The predicted molar refractivity (Wildman–Crippen MR) is 109 cm³/mol. The zero-order valence-electron chi connectivity index (χ0n) is 16.5. The van der Waals surface area contributed by atoms with Gasteiger partial charge in [-0.05, 0) is 37.5 Å². The molecule has 0 radical (unpaired) electrons. The number of esters is 1. The molecular weight excluding hydrogens is 368 g/mol. The minimum Gasteiger partial charge on any atom is -0.466 e. The van der Waals surface area contributed by atoms with E-state index in [0.717, 1.165) is 5.56 Å². The van der Waals surface area contributed by atoms with Crippen LogP contribution in [-0.2, 0) is 14.3 Å². The van der Waals surface area contributed by atoms with Crippen molar-refractivity contribution in [2.75, 3.05) is 19.7 Å². The number of ether oxygens (including phenoxy) is 1. The van der Waals surface area contributed by atoms with E-state index in [2.05, 4.69) is 5.32 Å². The van der Waals surface area contributed by atoms with E-state index in [0.29, 0.717) is 38.1 Å². The first-order valence-electron chi connectivity index (χ1n) is 9.96. The average Bonchev–Trinajstić information content (AvgIpc) is 2.78. The molecular formula is C23H26N2O4. The lowest BCUT2D eigenvalue weighted by molar-refractivity contribution is -0.151. The second-order valence-electron chi connectivity index (χ2n) is 7.03. The summed E-state index contributed by atoms with van der Waals surface area (Å²) in [6, 6.07) is 17.3. The molecule has 2 amide bonds. The van der Waals surface area contributed by atoms with E-state index >= 15 is 0 Å². The molecule has 0 bridgehead atoms. The number of rotatable bonds is 6. The number of likely N-dealkylation sites (tertiary alicyclic amines) is 1. The summed E-state index contributed by atoms with van der Waals surface area (Å²) in [4.78, 5) is 39.6. The van der Waals surface area contributed by atoms with Gasteiger partial charge >= 0.3 is 5.97 Å². The van der Waals surface area contributed by atoms with Crippen LogP contribution in [0, 0.1) is 5.92 Å². The lowest BCUT2D eigenvalue weighted by Crippen LogP contribution is -2.47. The molecule has 3 rings (SSSR count). The molecule has 1 aliphatic heterocycles. The zero-order valence-corrected chi connectivity index (χ0v) is 16.5. The minimum atomic E-state index is -0.775. The Morgan fingerprint density at radius 3 is 2.17 bits per heavy atom. The maximum atomic E-state index is 13.3. The summed E-state index contributed by atoms with van der Waals surface area (Å²) in [5.41, 5.74) is 1.23. The molecule has 6 nitrogen and oxygen atoms in total. The fourth-order valence-corrected chi connectivity index (χ4v) is 3.52. The summed E-state index contributed by atoms with van der Waals surface area (Å²) in [5, 5.41) is 2.88. The molecule has 1 atom stereocenters. The van der Waals surface area contributed by atoms with E-state index in [-0.39, 0.29) is 23.7 Å². The maximum Gasteiger partial charge on any atom is 0.309 e. The Balaban J connectivity index is 1.72. The van der Waals surface area contributed by atoms with Crippen LogP contribution in [0.1, 0.15) is 41.7 Å². The number of nitrogens with zero attached hydrogens (tertiary/aromatic N) is 1. The predicted octanol–water partition coefficient (Wildman–Crippen LogP) is 2.96. The van der Waals surface area contributed by atoms with Crippen LogP contribution in [0.5, 0.6) is 0 Å². The molecule has 1 N–H and O–H groups in total. The molecule has 1 saturated heterocycles. The van der Waals surface area contributed by atoms with Crippen molar-refractivity contribution in [3.63, 3.8) is 0 Å². The lowest BCUT2D eigenvalue weighted by Gasteiger charge is -2.33. The highest BCUT2D eigenvalue weighted by Crippen LogP contribution is 2.23. The van der Waals surface area contributed by atoms with E-state index in [1.165, 1.54) is 0 Å². The van der Waals surface area contributed by atoms with Crippen molar-refractivity contribution in [2.45, 2.75) is 25.8 Å². The second kappa shape index (κ2) is 9.87. The molecule has 2 aromatic rings. The molecule has 1 fully saturated rings. The highest BCUT2D eigenvalue weighted by atomic mass is 16.5. The molecule has 152 valence electrons. The van der Waals surface area contributed by atoms with Gasteiger partial charge in [-0.15, -0.1) is 0 Å². The third kappa shape index (κ3) is 5.22. The van der Waals surface area contributed by atoms with Gasteiger partial charge in [-0.1, -0.05) is 48.5 Å². The monoisotopic (exact) mass is 394 g/mol. The molecule has 2 aromatic carbocycles. The summed E-state index contributed by atoms with van der Waals surface area (Å²) in [6.07, 6.45) is 1.14. The SMILES string of the molecule is CCOC(=O)C1CCN(C(=O)C(NC(=O)c2ccccc2)c2ccccc2)CC1. The van der Waals surface area contributed by atoms with Gasteiger partial charge in [-0.2, -0.15) is 0 Å². The van der Waals surface area contributed by atoms with Gasteiger partial charge in [-0.3, -0.25) is 14.4 Å². The number of carbonyl (C=O) groups is 3. The molecule has 6 heteroatoms. The van der Waals surface area contributed by atoms with Gasteiger partial charge in [0.15, 0.2) is 0 Å². The third-order valence-electron chi connectivity index (χ3n) is 5.12. The molecule has 0 aliphatic carbocycles. The van der Waals surface area contributed by atoms with Crippen LogP contribution in [-0.4, -0.2) is 42.4 Å². The van der Waals surface area contributed by atoms with Crippen LogP contribution in [0.3, 0.4) is 0 Å². The fraction of sp³-hybridized carbons (Fsp3) is 0.348. The van der Waals surface area contributed by atoms with Crippen molar-refractivity contribution in [1.82, 2.24) is 10.2 Å². The third-order valence-corrected chi connectivity index (χ3v) is 5.12. The standard InChI is InChI=1S/C23H26N2O4/c1-2-29-23(28)19-13-15-25(16-14-19)22(27)20(17-9-5-3-6-10-17)24-21(26)18-11-7-4-8-12-18/h3-12,19-20H,2,13-16H2,1H3,(H,24,26). The number of amides is 2. The Morgan fingerprint density at radius 2 is 1.59 bits per heavy atom. The molecule has 0 saturated carbocycles. The molecule has 0 spiro atoms. The summed E-state index contributed by atoms with van der Waals surface area (Å²) < 4.78 is 5.10. The van der Waals surface area contributed by atoms with Crippen molar-refractivity contribution in [3.05, 3.63) is 71.8 Å². The minimum absolute atomic E-state index is 0.164. The Labute approximate surface area is 170 Å². The van der Waals surface area contributed by atoms with Gasteiger partial charge < -0.3 is 15.0 Å². The largest absolute Gasteiger partial charge is 0.466 e. The fourth-order valence-electron chi connectivity index (χ4n) is 3.52. The Morgan fingerprint density at radius 1 is 1.00 bits per heavy atom. The first-order chi connectivity index (χ1) is 14.1. The van der Waals surface area contributed by atoms with Crippen molar-refractivity contribution < 1.29 is 19.1 Å². The lowest BCUT2D eigenvalue weighted by atomic mass is 9.95. The van der Waals surface area contributed by atoms with Crippen LogP contribution in [0.25, 0.3) is 0 Å².